The summed E-state index contributed by atoms with van der Waals surface area (Å²) in [6, 6.07) is 11.9. The van der Waals surface area contributed by atoms with Crippen molar-refractivity contribution in [3.05, 3.63) is 64.2 Å². The first-order chi connectivity index (χ1) is 10.2. The number of anilines is 2. The first-order valence-electron chi connectivity index (χ1n) is 6.11. The van der Waals surface area contributed by atoms with Crippen molar-refractivity contribution in [3.63, 3.8) is 0 Å². The second-order valence-corrected chi connectivity index (χ2v) is 5.04. The molecule has 1 aromatic carbocycles. The van der Waals surface area contributed by atoms with E-state index in [-0.39, 0.29) is 5.69 Å². The van der Waals surface area contributed by atoms with E-state index in [1.54, 1.807) is 18.3 Å². The van der Waals surface area contributed by atoms with Crippen LogP contribution in [-0.4, -0.2) is 14.9 Å². The highest BCUT2D eigenvalue weighted by molar-refractivity contribution is 7.14. The van der Waals surface area contributed by atoms with Gasteiger partial charge in [0.2, 0.25) is 0 Å². The highest BCUT2D eigenvalue weighted by Crippen LogP contribution is 2.27. The van der Waals surface area contributed by atoms with Crippen LogP contribution >= 0.6 is 11.3 Å². The molecule has 0 atom stereocenters. The number of aromatic nitrogens is 2. The number of hydrogen-bond acceptors (Lipinski definition) is 6. The van der Waals surface area contributed by atoms with Crippen molar-refractivity contribution in [2.75, 3.05) is 5.32 Å². The second-order valence-electron chi connectivity index (χ2n) is 4.18. The quantitative estimate of drug-likeness (QED) is 0.584. The number of nitrogens with one attached hydrogen (secondary N) is 1. The molecule has 3 aromatic rings. The number of hydrogen-bond donors (Lipinski definition) is 1. The molecule has 7 heteroatoms. The Kier molecular flexibility index (Phi) is 3.57. The minimum Gasteiger partial charge on any atom is -0.316 e. The van der Waals surface area contributed by atoms with Crippen molar-refractivity contribution >= 4 is 28.0 Å². The highest BCUT2D eigenvalue weighted by atomic mass is 32.1. The molecule has 6 nitrogen and oxygen atoms in total. The lowest BCUT2D eigenvalue weighted by Gasteiger charge is -2.00. The summed E-state index contributed by atoms with van der Waals surface area (Å²) in [5, 5.41) is 16.4. The minimum atomic E-state index is -0.418. The van der Waals surface area contributed by atoms with Gasteiger partial charge < -0.3 is 5.32 Å². The largest absolute Gasteiger partial charge is 0.316 e. The van der Waals surface area contributed by atoms with Crippen molar-refractivity contribution in [2.45, 2.75) is 0 Å². The molecule has 1 N–H and O–H groups in total. The van der Waals surface area contributed by atoms with Crippen molar-refractivity contribution in [3.8, 4) is 11.3 Å². The molecule has 0 aliphatic carbocycles. The van der Waals surface area contributed by atoms with Gasteiger partial charge in [0.05, 0.1) is 10.6 Å². The number of nitro groups is 1. The number of rotatable bonds is 4. The molecule has 2 aromatic heterocycles. The van der Waals surface area contributed by atoms with E-state index < -0.39 is 4.92 Å². The van der Waals surface area contributed by atoms with Crippen LogP contribution in [0, 0.1) is 10.1 Å². The van der Waals surface area contributed by atoms with E-state index in [2.05, 4.69) is 15.3 Å². The Morgan fingerprint density at radius 1 is 1.14 bits per heavy atom. The molecule has 104 valence electrons. The molecule has 0 saturated carbocycles. The van der Waals surface area contributed by atoms with E-state index in [0.29, 0.717) is 0 Å². The third-order valence-electron chi connectivity index (χ3n) is 2.78. The fourth-order valence-corrected chi connectivity index (χ4v) is 2.49. The van der Waals surface area contributed by atoms with E-state index in [1.165, 1.54) is 23.5 Å². The van der Waals surface area contributed by atoms with Crippen LogP contribution in [-0.2, 0) is 0 Å². The maximum absolute atomic E-state index is 10.6. The van der Waals surface area contributed by atoms with Gasteiger partial charge in [-0.2, -0.15) is 0 Å². The topological polar surface area (TPSA) is 81.0 Å². The monoisotopic (exact) mass is 298 g/mol. The molecule has 0 radical (unpaired) electrons. The van der Waals surface area contributed by atoms with Gasteiger partial charge in [0.25, 0.3) is 5.69 Å². The van der Waals surface area contributed by atoms with E-state index in [9.17, 15) is 10.1 Å². The number of nitro benzene ring substituents is 1. The van der Waals surface area contributed by atoms with Crippen LogP contribution in [0.3, 0.4) is 0 Å². The van der Waals surface area contributed by atoms with E-state index >= 15 is 0 Å². The fourth-order valence-electron chi connectivity index (χ4n) is 1.76. The van der Waals surface area contributed by atoms with Crippen molar-refractivity contribution in [1.29, 1.82) is 0 Å². The number of thiazole rings is 1. The average molecular weight is 298 g/mol. The molecule has 0 saturated heterocycles. The van der Waals surface area contributed by atoms with Gasteiger partial charge in [-0.15, -0.1) is 11.3 Å². The predicted molar refractivity (Wildman–Crippen MR) is 81.7 cm³/mol. The molecule has 0 spiro atoms. The summed E-state index contributed by atoms with van der Waals surface area (Å²) in [6.07, 6.45) is 1.70. The molecule has 3 rings (SSSR count). The van der Waals surface area contributed by atoms with Crippen LogP contribution in [0.4, 0.5) is 16.6 Å². The van der Waals surface area contributed by atoms with E-state index in [4.69, 9.17) is 0 Å². The van der Waals surface area contributed by atoms with Crippen molar-refractivity contribution < 1.29 is 4.92 Å². The number of benzene rings is 1. The lowest BCUT2D eigenvalue weighted by Crippen LogP contribution is -1.91. The van der Waals surface area contributed by atoms with Crippen LogP contribution in [0.25, 0.3) is 11.3 Å². The van der Waals surface area contributed by atoms with Crippen LogP contribution in [0.15, 0.2) is 54.0 Å². The van der Waals surface area contributed by atoms with E-state index in [1.807, 2.05) is 23.6 Å². The molecular formula is C14H10N4O2S. The standard InChI is InChI=1S/C14H10N4O2S/c19-18(20)11-6-4-10(5-7-11)12-9-21-14(16-12)17-13-3-1-2-8-15-13/h1-9H,(H,15,16,17). The lowest BCUT2D eigenvalue weighted by molar-refractivity contribution is -0.384. The number of nitrogens with zero attached hydrogens (tertiary/aromatic N) is 3. The third-order valence-corrected chi connectivity index (χ3v) is 3.54. The van der Waals surface area contributed by atoms with Gasteiger partial charge in [-0.05, 0) is 24.3 Å². The predicted octanol–water partition coefficient (Wildman–Crippen LogP) is 3.86. The smallest absolute Gasteiger partial charge is 0.269 e. The summed E-state index contributed by atoms with van der Waals surface area (Å²) in [7, 11) is 0. The number of non-ortho nitro benzene ring substituents is 1. The van der Waals surface area contributed by atoms with Gasteiger partial charge in [-0.3, -0.25) is 10.1 Å². The van der Waals surface area contributed by atoms with Gasteiger partial charge in [0.15, 0.2) is 5.13 Å². The van der Waals surface area contributed by atoms with Gasteiger partial charge in [-0.1, -0.05) is 6.07 Å². The summed E-state index contributed by atoms with van der Waals surface area (Å²) in [6.45, 7) is 0. The first kappa shape index (κ1) is 13.2. The highest BCUT2D eigenvalue weighted by Gasteiger charge is 2.08. The maximum atomic E-state index is 10.6. The van der Waals surface area contributed by atoms with Crippen molar-refractivity contribution in [1.82, 2.24) is 9.97 Å². The summed E-state index contributed by atoms with van der Waals surface area (Å²) >= 11 is 1.45. The Balaban J connectivity index is 1.80. The first-order valence-corrected chi connectivity index (χ1v) is 6.99. The summed E-state index contributed by atoms with van der Waals surface area (Å²) in [4.78, 5) is 18.8. The average Bonchev–Trinajstić information content (AvgIpc) is 2.97. The Morgan fingerprint density at radius 3 is 2.62 bits per heavy atom. The van der Waals surface area contributed by atoms with Crippen LogP contribution < -0.4 is 5.32 Å². The zero-order valence-corrected chi connectivity index (χ0v) is 11.6. The normalized spacial score (nSPS) is 10.3. The summed E-state index contributed by atoms with van der Waals surface area (Å²) in [5.74, 6) is 0.724. The second kappa shape index (κ2) is 5.68. The molecule has 0 fully saturated rings. The Hall–Kier alpha value is -2.80. The zero-order chi connectivity index (χ0) is 14.7. The molecule has 0 unspecified atom stereocenters. The minimum absolute atomic E-state index is 0.0702. The van der Waals surface area contributed by atoms with Crippen LogP contribution in [0.1, 0.15) is 0 Å². The molecule has 21 heavy (non-hydrogen) atoms. The van der Waals surface area contributed by atoms with Crippen molar-refractivity contribution in [2.24, 2.45) is 0 Å². The Labute approximate surface area is 124 Å². The Morgan fingerprint density at radius 2 is 1.95 bits per heavy atom. The molecule has 0 aliphatic rings. The van der Waals surface area contributed by atoms with Gasteiger partial charge >= 0.3 is 0 Å². The van der Waals surface area contributed by atoms with Gasteiger partial charge in [0.1, 0.15) is 5.82 Å². The molecular weight excluding hydrogens is 288 g/mol. The fraction of sp³-hybridized carbons (Fsp3) is 0. The van der Waals surface area contributed by atoms with E-state index in [0.717, 1.165) is 22.2 Å². The maximum Gasteiger partial charge on any atom is 0.269 e. The zero-order valence-electron chi connectivity index (χ0n) is 10.8. The van der Waals surface area contributed by atoms with Gasteiger partial charge in [0, 0.05) is 29.3 Å². The summed E-state index contributed by atoms with van der Waals surface area (Å²) in [5.41, 5.74) is 1.68. The van der Waals surface area contributed by atoms with Gasteiger partial charge in [-0.25, -0.2) is 9.97 Å². The molecule has 0 bridgehead atoms. The molecule has 0 aliphatic heterocycles. The van der Waals surface area contributed by atoms with Crippen LogP contribution in [0.5, 0.6) is 0 Å². The molecule has 2 heterocycles. The third kappa shape index (κ3) is 3.03. The molecule has 0 amide bonds. The Bertz CT molecular complexity index is 756. The summed E-state index contributed by atoms with van der Waals surface area (Å²) < 4.78 is 0. The number of pyridine rings is 1. The lowest BCUT2D eigenvalue weighted by atomic mass is 10.1. The SMILES string of the molecule is O=[N+]([O-])c1ccc(-c2csc(Nc3ccccn3)n2)cc1. The van der Waals surface area contributed by atoms with Crippen LogP contribution in [0.2, 0.25) is 0 Å².